The standard InChI is InChI=1S/C9H9N3O3/c1-2-15-9-11-6-3-5(8(13)14)4-10-7(6)12-9/h4H,2-3H2,1H3,(H,13,14). The minimum absolute atomic E-state index is 0.213. The van der Waals surface area contributed by atoms with Crippen LogP contribution in [0.3, 0.4) is 0 Å². The van der Waals surface area contributed by atoms with Crippen LogP contribution in [0.4, 0.5) is 0 Å². The van der Waals surface area contributed by atoms with E-state index in [0.717, 1.165) is 0 Å². The highest BCUT2D eigenvalue weighted by atomic mass is 16.5. The molecular weight excluding hydrogens is 198 g/mol. The van der Waals surface area contributed by atoms with Crippen LogP contribution in [0, 0.1) is 0 Å². The molecule has 0 radical (unpaired) electrons. The molecule has 0 fully saturated rings. The van der Waals surface area contributed by atoms with E-state index in [4.69, 9.17) is 9.84 Å². The number of fused-ring (bicyclic) bond motifs is 1. The van der Waals surface area contributed by atoms with Crippen LogP contribution in [-0.4, -0.2) is 35.3 Å². The maximum Gasteiger partial charge on any atom is 0.333 e. The summed E-state index contributed by atoms with van der Waals surface area (Å²) in [5.41, 5.74) is 0.767. The van der Waals surface area contributed by atoms with Crippen molar-refractivity contribution in [2.45, 2.75) is 13.3 Å². The highest BCUT2D eigenvalue weighted by Crippen LogP contribution is 2.16. The number of nitrogens with zero attached hydrogens (tertiary/aromatic N) is 3. The summed E-state index contributed by atoms with van der Waals surface area (Å²) in [5.74, 6) is -0.534. The maximum absolute atomic E-state index is 10.7. The number of carbonyl (C=O) groups is 1. The molecule has 0 aliphatic carbocycles. The lowest BCUT2D eigenvalue weighted by molar-refractivity contribution is -0.132. The van der Waals surface area contributed by atoms with Crippen molar-refractivity contribution in [2.24, 2.45) is 15.0 Å². The Morgan fingerprint density at radius 3 is 3.07 bits per heavy atom. The first-order chi connectivity index (χ1) is 7.20. The second-order valence-corrected chi connectivity index (χ2v) is 2.97. The van der Waals surface area contributed by atoms with Gasteiger partial charge in [0, 0.05) is 12.6 Å². The van der Waals surface area contributed by atoms with Gasteiger partial charge in [-0.25, -0.2) is 9.79 Å². The maximum atomic E-state index is 10.7. The molecule has 6 heteroatoms. The molecule has 2 aliphatic heterocycles. The molecule has 2 aliphatic rings. The Hall–Kier alpha value is -1.98. The monoisotopic (exact) mass is 207 g/mol. The van der Waals surface area contributed by atoms with Crippen molar-refractivity contribution < 1.29 is 14.6 Å². The smallest absolute Gasteiger partial charge is 0.333 e. The number of aliphatic carboxylic acids is 1. The van der Waals surface area contributed by atoms with Gasteiger partial charge in [-0.1, -0.05) is 0 Å². The quantitative estimate of drug-likeness (QED) is 0.719. The molecule has 2 heterocycles. The first kappa shape index (κ1) is 9.57. The summed E-state index contributed by atoms with van der Waals surface area (Å²) >= 11 is 0. The SMILES string of the molecule is CCOC1=NC2=NC=C(C(=O)O)CC2=N1. The van der Waals surface area contributed by atoms with Crippen molar-refractivity contribution >= 4 is 23.5 Å². The van der Waals surface area contributed by atoms with Crippen LogP contribution in [0.2, 0.25) is 0 Å². The fourth-order valence-electron chi connectivity index (χ4n) is 1.26. The summed E-state index contributed by atoms with van der Waals surface area (Å²) in [6.45, 7) is 2.30. The number of ether oxygens (including phenoxy) is 1. The largest absolute Gasteiger partial charge is 0.478 e. The number of hydrogen-bond donors (Lipinski definition) is 1. The average molecular weight is 207 g/mol. The number of aliphatic imine (C=N–C) groups is 3. The lowest BCUT2D eigenvalue weighted by Crippen LogP contribution is -2.16. The Morgan fingerprint density at radius 2 is 2.40 bits per heavy atom. The normalized spacial score (nSPS) is 18.5. The van der Waals surface area contributed by atoms with E-state index < -0.39 is 5.97 Å². The molecule has 78 valence electrons. The van der Waals surface area contributed by atoms with Gasteiger partial charge >= 0.3 is 12.0 Å². The fourth-order valence-corrected chi connectivity index (χ4v) is 1.26. The van der Waals surface area contributed by atoms with Gasteiger partial charge < -0.3 is 9.84 Å². The molecule has 0 saturated carbocycles. The third kappa shape index (κ3) is 1.78. The number of carboxylic acids is 1. The minimum atomic E-state index is -0.981. The third-order valence-electron chi connectivity index (χ3n) is 1.94. The molecule has 0 amide bonds. The van der Waals surface area contributed by atoms with E-state index in [0.29, 0.717) is 18.2 Å². The van der Waals surface area contributed by atoms with Crippen LogP contribution >= 0.6 is 0 Å². The molecule has 1 N–H and O–H groups in total. The molecular formula is C9H9N3O3. The van der Waals surface area contributed by atoms with Gasteiger partial charge in [0.15, 0.2) is 5.84 Å². The van der Waals surface area contributed by atoms with Crippen molar-refractivity contribution in [3.63, 3.8) is 0 Å². The highest BCUT2D eigenvalue weighted by Gasteiger charge is 2.25. The molecule has 0 aromatic rings. The Kier molecular flexibility index (Phi) is 2.32. The van der Waals surface area contributed by atoms with E-state index >= 15 is 0 Å². The van der Waals surface area contributed by atoms with Gasteiger partial charge in [0.25, 0.3) is 0 Å². The first-order valence-corrected chi connectivity index (χ1v) is 4.50. The average Bonchev–Trinajstić information content (AvgIpc) is 2.59. The predicted molar refractivity (Wildman–Crippen MR) is 54.3 cm³/mol. The zero-order chi connectivity index (χ0) is 10.8. The molecule has 0 atom stereocenters. The van der Waals surface area contributed by atoms with E-state index in [1.807, 2.05) is 6.92 Å². The topological polar surface area (TPSA) is 83.6 Å². The zero-order valence-electron chi connectivity index (χ0n) is 8.10. The van der Waals surface area contributed by atoms with Gasteiger partial charge in [0.1, 0.15) is 0 Å². The van der Waals surface area contributed by atoms with Crippen LogP contribution < -0.4 is 0 Å². The number of hydrogen-bond acceptors (Lipinski definition) is 5. The summed E-state index contributed by atoms with van der Waals surface area (Å²) in [6.07, 6.45) is 1.54. The van der Waals surface area contributed by atoms with Gasteiger partial charge in [-0.3, -0.25) is 0 Å². The Labute approximate surface area is 85.7 Å². The van der Waals surface area contributed by atoms with Crippen molar-refractivity contribution in [1.82, 2.24) is 0 Å². The van der Waals surface area contributed by atoms with Gasteiger partial charge in [0.05, 0.1) is 17.9 Å². The molecule has 0 bridgehead atoms. The number of carboxylic acid groups (broad SMARTS) is 1. The Bertz CT molecular complexity index is 432. The minimum Gasteiger partial charge on any atom is -0.478 e. The molecule has 2 rings (SSSR count). The lowest BCUT2D eigenvalue weighted by atomic mass is 10.1. The van der Waals surface area contributed by atoms with Crippen molar-refractivity contribution in [3.8, 4) is 0 Å². The number of rotatable bonds is 2. The van der Waals surface area contributed by atoms with Gasteiger partial charge in [-0.2, -0.15) is 9.98 Å². The molecule has 15 heavy (non-hydrogen) atoms. The predicted octanol–water partition coefficient (Wildman–Crippen LogP) is 0.604. The van der Waals surface area contributed by atoms with Crippen LogP contribution in [0.5, 0.6) is 0 Å². The number of amidine groups is 2. The third-order valence-corrected chi connectivity index (χ3v) is 1.94. The molecule has 0 saturated heterocycles. The fraction of sp³-hybridized carbons (Fsp3) is 0.333. The van der Waals surface area contributed by atoms with Gasteiger partial charge in [0.2, 0.25) is 0 Å². The van der Waals surface area contributed by atoms with Crippen molar-refractivity contribution in [1.29, 1.82) is 0 Å². The molecule has 0 spiro atoms. The summed E-state index contributed by atoms with van der Waals surface area (Å²) in [4.78, 5) is 22.6. The lowest BCUT2D eigenvalue weighted by Gasteiger charge is -2.05. The summed E-state index contributed by atoms with van der Waals surface area (Å²) in [5, 5.41) is 8.77. The first-order valence-electron chi connectivity index (χ1n) is 4.50. The molecule has 6 nitrogen and oxygen atoms in total. The molecule has 0 unspecified atom stereocenters. The molecule has 0 aromatic heterocycles. The zero-order valence-corrected chi connectivity index (χ0v) is 8.10. The van der Waals surface area contributed by atoms with E-state index in [1.54, 1.807) is 0 Å². The second-order valence-electron chi connectivity index (χ2n) is 2.97. The van der Waals surface area contributed by atoms with E-state index in [1.165, 1.54) is 6.20 Å². The summed E-state index contributed by atoms with van der Waals surface area (Å²) in [6, 6.07) is 0.256. The van der Waals surface area contributed by atoms with E-state index in [9.17, 15) is 4.79 Å². The van der Waals surface area contributed by atoms with Crippen LogP contribution in [0.1, 0.15) is 13.3 Å². The highest BCUT2D eigenvalue weighted by molar-refractivity contribution is 6.48. The van der Waals surface area contributed by atoms with Crippen molar-refractivity contribution in [3.05, 3.63) is 11.8 Å². The summed E-state index contributed by atoms with van der Waals surface area (Å²) in [7, 11) is 0. The Balaban J connectivity index is 2.20. The van der Waals surface area contributed by atoms with Crippen molar-refractivity contribution in [2.75, 3.05) is 6.61 Å². The second kappa shape index (κ2) is 3.64. The molecule has 0 aromatic carbocycles. The van der Waals surface area contributed by atoms with Crippen LogP contribution in [-0.2, 0) is 9.53 Å². The van der Waals surface area contributed by atoms with E-state index in [-0.39, 0.29) is 18.0 Å². The van der Waals surface area contributed by atoms with Gasteiger partial charge in [-0.15, -0.1) is 0 Å². The summed E-state index contributed by atoms with van der Waals surface area (Å²) < 4.78 is 5.10. The Morgan fingerprint density at radius 1 is 1.60 bits per heavy atom. The van der Waals surface area contributed by atoms with Gasteiger partial charge in [-0.05, 0) is 6.92 Å². The van der Waals surface area contributed by atoms with E-state index in [2.05, 4.69) is 15.0 Å². The van der Waals surface area contributed by atoms with Crippen LogP contribution in [0.15, 0.2) is 26.8 Å². The van der Waals surface area contributed by atoms with Crippen LogP contribution in [0.25, 0.3) is 0 Å².